The highest BCUT2D eigenvalue weighted by Crippen LogP contribution is 2.22. The van der Waals surface area contributed by atoms with Gasteiger partial charge in [0.1, 0.15) is 9.96 Å². The van der Waals surface area contributed by atoms with Gasteiger partial charge < -0.3 is 9.15 Å². The van der Waals surface area contributed by atoms with Crippen LogP contribution in [-0.4, -0.2) is 25.7 Å². The molecule has 1 N–H and O–H groups in total. The normalized spacial score (nSPS) is 11.5. The number of thiophene rings is 1. The van der Waals surface area contributed by atoms with E-state index >= 15 is 0 Å². The molecule has 0 saturated carbocycles. The molecule has 2 aromatic heterocycles. The van der Waals surface area contributed by atoms with E-state index in [1.165, 1.54) is 6.07 Å². The summed E-state index contributed by atoms with van der Waals surface area (Å²) in [6.07, 6.45) is 0. The SMILES string of the molecule is COc1cccc(-c2nnc(CNS(=O)(=O)c3cccs3)o2)c1. The number of benzene rings is 1. The van der Waals surface area contributed by atoms with Crippen LogP contribution >= 0.6 is 11.3 Å². The fourth-order valence-corrected chi connectivity index (χ4v) is 3.85. The van der Waals surface area contributed by atoms with Gasteiger partial charge in [0.25, 0.3) is 10.0 Å². The molecule has 23 heavy (non-hydrogen) atoms. The second-order valence-electron chi connectivity index (χ2n) is 4.49. The van der Waals surface area contributed by atoms with Gasteiger partial charge in [0, 0.05) is 5.56 Å². The summed E-state index contributed by atoms with van der Waals surface area (Å²) in [5.41, 5.74) is 0.698. The predicted molar refractivity (Wildman–Crippen MR) is 84.6 cm³/mol. The van der Waals surface area contributed by atoms with Crippen molar-refractivity contribution < 1.29 is 17.6 Å². The molecule has 9 heteroatoms. The highest BCUT2D eigenvalue weighted by Gasteiger charge is 2.17. The number of hydrogen-bond donors (Lipinski definition) is 1. The fraction of sp³-hybridized carbons (Fsp3) is 0.143. The number of sulfonamides is 1. The highest BCUT2D eigenvalue weighted by atomic mass is 32.2. The van der Waals surface area contributed by atoms with E-state index in [2.05, 4.69) is 14.9 Å². The van der Waals surface area contributed by atoms with Crippen LogP contribution in [0.15, 0.2) is 50.4 Å². The molecule has 0 fully saturated rings. The van der Waals surface area contributed by atoms with Gasteiger partial charge in [-0.2, -0.15) is 0 Å². The van der Waals surface area contributed by atoms with Gasteiger partial charge in [-0.1, -0.05) is 12.1 Å². The lowest BCUT2D eigenvalue weighted by molar-refractivity contribution is 0.414. The van der Waals surface area contributed by atoms with E-state index in [0.29, 0.717) is 17.2 Å². The molecule has 3 rings (SSSR count). The Morgan fingerprint density at radius 1 is 1.26 bits per heavy atom. The number of ether oxygens (including phenoxy) is 1. The average molecular weight is 351 g/mol. The first-order valence-corrected chi connectivity index (χ1v) is 8.95. The molecule has 7 nitrogen and oxygen atoms in total. The zero-order valence-corrected chi connectivity index (χ0v) is 13.7. The van der Waals surface area contributed by atoms with Gasteiger partial charge in [-0.3, -0.25) is 0 Å². The van der Waals surface area contributed by atoms with Crippen molar-refractivity contribution >= 4 is 21.4 Å². The third kappa shape index (κ3) is 3.58. The van der Waals surface area contributed by atoms with Crippen molar-refractivity contribution in [2.75, 3.05) is 7.11 Å². The maximum absolute atomic E-state index is 12.0. The van der Waals surface area contributed by atoms with Crippen LogP contribution in [0.4, 0.5) is 0 Å². The zero-order chi connectivity index (χ0) is 16.3. The van der Waals surface area contributed by atoms with Crippen LogP contribution in [0.25, 0.3) is 11.5 Å². The molecule has 0 radical (unpaired) electrons. The summed E-state index contributed by atoms with van der Waals surface area (Å²) in [6.45, 7) is -0.0722. The van der Waals surface area contributed by atoms with Crippen LogP contribution in [0.2, 0.25) is 0 Å². The number of methoxy groups -OCH3 is 1. The summed E-state index contributed by atoms with van der Waals surface area (Å²) in [4.78, 5) is 0. The van der Waals surface area contributed by atoms with Crippen LogP contribution in [0, 0.1) is 0 Å². The van der Waals surface area contributed by atoms with E-state index in [1.807, 2.05) is 0 Å². The van der Waals surface area contributed by atoms with E-state index in [9.17, 15) is 8.42 Å². The Morgan fingerprint density at radius 3 is 2.87 bits per heavy atom. The van der Waals surface area contributed by atoms with E-state index < -0.39 is 10.0 Å². The Kier molecular flexibility index (Phi) is 4.42. The second-order valence-corrected chi connectivity index (χ2v) is 7.43. The maximum atomic E-state index is 12.0. The lowest BCUT2D eigenvalue weighted by Gasteiger charge is -2.01. The van der Waals surface area contributed by atoms with Crippen LogP contribution in [0.1, 0.15) is 5.89 Å². The molecular weight excluding hydrogens is 338 g/mol. The molecule has 2 heterocycles. The minimum atomic E-state index is -3.56. The molecule has 0 aliphatic heterocycles. The first-order valence-electron chi connectivity index (χ1n) is 6.58. The topological polar surface area (TPSA) is 94.3 Å². The Hall–Kier alpha value is -2.23. The van der Waals surface area contributed by atoms with E-state index in [1.54, 1.807) is 42.8 Å². The van der Waals surface area contributed by atoms with Gasteiger partial charge >= 0.3 is 0 Å². The van der Waals surface area contributed by atoms with Crippen LogP contribution in [0.5, 0.6) is 5.75 Å². The summed E-state index contributed by atoms with van der Waals surface area (Å²) in [5.74, 6) is 1.15. The largest absolute Gasteiger partial charge is 0.497 e. The molecule has 0 saturated heterocycles. The molecule has 120 valence electrons. The van der Waals surface area contributed by atoms with Gasteiger partial charge in [0.2, 0.25) is 11.8 Å². The van der Waals surface area contributed by atoms with Gasteiger partial charge in [-0.25, -0.2) is 13.1 Å². The van der Waals surface area contributed by atoms with Crippen molar-refractivity contribution in [2.45, 2.75) is 10.8 Å². The summed E-state index contributed by atoms with van der Waals surface area (Å²) in [6, 6.07) is 10.4. The number of hydrogen-bond acceptors (Lipinski definition) is 7. The minimum Gasteiger partial charge on any atom is -0.497 e. The molecule has 0 spiro atoms. The molecular formula is C14H13N3O4S2. The number of aromatic nitrogens is 2. The van der Waals surface area contributed by atoms with Crippen molar-refractivity contribution in [3.05, 3.63) is 47.7 Å². The Balaban J connectivity index is 1.72. The maximum Gasteiger partial charge on any atom is 0.250 e. The Labute approximate surface area is 137 Å². The quantitative estimate of drug-likeness (QED) is 0.732. The molecule has 0 atom stereocenters. The third-order valence-corrected chi connectivity index (χ3v) is 5.76. The Bertz CT molecular complexity index is 888. The van der Waals surface area contributed by atoms with Crippen molar-refractivity contribution in [3.63, 3.8) is 0 Å². The minimum absolute atomic E-state index is 0.0722. The predicted octanol–water partition coefficient (Wildman–Crippen LogP) is 2.29. The first kappa shape index (κ1) is 15.7. The van der Waals surface area contributed by atoms with Gasteiger partial charge in [0.15, 0.2) is 0 Å². The third-order valence-electron chi connectivity index (χ3n) is 2.96. The van der Waals surface area contributed by atoms with Crippen LogP contribution in [-0.2, 0) is 16.6 Å². The Morgan fingerprint density at radius 2 is 2.13 bits per heavy atom. The standard InChI is InChI=1S/C14H13N3O4S2/c1-20-11-5-2-4-10(8-11)14-17-16-12(21-14)9-15-23(18,19)13-6-3-7-22-13/h2-8,15H,9H2,1H3. The molecule has 0 unspecified atom stereocenters. The second kappa shape index (κ2) is 6.49. The number of nitrogens with one attached hydrogen (secondary N) is 1. The van der Waals surface area contributed by atoms with Crippen LogP contribution < -0.4 is 9.46 Å². The van der Waals surface area contributed by atoms with E-state index in [-0.39, 0.29) is 16.6 Å². The number of rotatable bonds is 6. The zero-order valence-electron chi connectivity index (χ0n) is 12.1. The van der Waals surface area contributed by atoms with Crippen molar-refractivity contribution in [1.82, 2.24) is 14.9 Å². The fourth-order valence-electron chi connectivity index (χ4n) is 1.84. The molecule has 0 amide bonds. The van der Waals surface area contributed by atoms with Gasteiger partial charge in [-0.15, -0.1) is 21.5 Å². The summed E-state index contributed by atoms with van der Waals surface area (Å²) in [7, 11) is -1.99. The van der Waals surface area contributed by atoms with Crippen molar-refractivity contribution in [2.24, 2.45) is 0 Å². The lowest BCUT2D eigenvalue weighted by Crippen LogP contribution is -2.22. The smallest absolute Gasteiger partial charge is 0.250 e. The summed E-state index contributed by atoms with van der Waals surface area (Å²) < 4.78 is 37.3. The van der Waals surface area contributed by atoms with Gasteiger partial charge in [0.05, 0.1) is 13.7 Å². The summed E-state index contributed by atoms with van der Waals surface area (Å²) in [5, 5.41) is 9.47. The highest BCUT2D eigenvalue weighted by molar-refractivity contribution is 7.91. The molecule has 0 aliphatic carbocycles. The molecule has 3 aromatic rings. The van der Waals surface area contributed by atoms with E-state index in [4.69, 9.17) is 9.15 Å². The van der Waals surface area contributed by atoms with Crippen molar-refractivity contribution in [3.8, 4) is 17.2 Å². The molecule has 0 bridgehead atoms. The van der Waals surface area contributed by atoms with Crippen molar-refractivity contribution in [1.29, 1.82) is 0 Å². The average Bonchev–Trinajstić information content (AvgIpc) is 3.25. The van der Waals surface area contributed by atoms with Crippen LogP contribution in [0.3, 0.4) is 0 Å². The first-order chi connectivity index (χ1) is 11.1. The molecule has 1 aromatic carbocycles. The monoisotopic (exact) mass is 351 g/mol. The van der Waals surface area contributed by atoms with E-state index in [0.717, 1.165) is 11.3 Å². The summed E-state index contributed by atoms with van der Waals surface area (Å²) >= 11 is 1.14. The van der Waals surface area contributed by atoms with Gasteiger partial charge in [-0.05, 0) is 29.6 Å². The number of nitrogens with zero attached hydrogens (tertiary/aromatic N) is 2. The molecule has 0 aliphatic rings. The lowest BCUT2D eigenvalue weighted by atomic mass is 10.2.